The summed E-state index contributed by atoms with van der Waals surface area (Å²) >= 11 is 4.98. The first-order valence-corrected chi connectivity index (χ1v) is 7.14. The molecule has 0 atom stereocenters. The van der Waals surface area contributed by atoms with Gasteiger partial charge in [-0.3, -0.25) is 4.79 Å². The van der Waals surface area contributed by atoms with Gasteiger partial charge in [-0.15, -0.1) is 11.3 Å². The van der Waals surface area contributed by atoms with E-state index >= 15 is 0 Å². The molecule has 0 aliphatic heterocycles. The van der Waals surface area contributed by atoms with Crippen LogP contribution in [-0.4, -0.2) is 5.78 Å². The first-order valence-electron chi connectivity index (χ1n) is 5.53. The minimum atomic E-state index is 0.0907. The van der Waals surface area contributed by atoms with E-state index in [-0.39, 0.29) is 5.78 Å². The molecule has 0 amide bonds. The second kappa shape index (κ2) is 4.67. The minimum Gasteiger partial charge on any atom is -0.288 e. The Morgan fingerprint density at radius 2 is 1.78 bits per heavy atom. The number of ketones is 1. The van der Waals surface area contributed by atoms with Crippen molar-refractivity contribution in [1.29, 1.82) is 0 Å². The Morgan fingerprint density at radius 1 is 1.00 bits per heavy atom. The number of carbonyl (C=O) groups excluding carboxylic acids is 1. The van der Waals surface area contributed by atoms with Gasteiger partial charge in [0, 0.05) is 14.7 Å². The summed E-state index contributed by atoms with van der Waals surface area (Å²) in [5.74, 6) is 0.0907. The van der Waals surface area contributed by atoms with Crippen LogP contribution in [0.15, 0.2) is 59.1 Å². The van der Waals surface area contributed by atoms with Crippen molar-refractivity contribution in [2.24, 2.45) is 0 Å². The van der Waals surface area contributed by atoms with Crippen LogP contribution in [0.1, 0.15) is 15.2 Å². The normalized spacial score (nSPS) is 10.7. The third-order valence-electron chi connectivity index (χ3n) is 2.74. The maximum Gasteiger partial charge on any atom is 0.202 e. The second-order valence-electron chi connectivity index (χ2n) is 3.99. The molecule has 0 radical (unpaired) electrons. The highest BCUT2D eigenvalue weighted by molar-refractivity contribution is 9.10. The van der Waals surface area contributed by atoms with Crippen molar-refractivity contribution >= 4 is 43.1 Å². The highest BCUT2D eigenvalue weighted by Gasteiger charge is 2.12. The molecule has 0 N–H and O–H groups in total. The third-order valence-corrected chi connectivity index (χ3v) is 4.35. The average molecular weight is 317 g/mol. The number of rotatable bonds is 2. The predicted molar refractivity (Wildman–Crippen MR) is 79.4 cm³/mol. The fourth-order valence-electron chi connectivity index (χ4n) is 1.86. The van der Waals surface area contributed by atoms with Crippen LogP contribution in [0.2, 0.25) is 0 Å². The minimum absolute atomic E-state index is 0.0907. The molecule has 3 aromatic rings. The molecule has 18 heavy (non-hydrogen) atoms. The van der Waals surface area contributed by atoms with Gasteiger partial charge in [0.2, 0.25) is 5.78 Å². The lowest BCUT2D eigenvalue weighted by Gasteiger charge is -1.95. The number of fused-ring (bicyclic) bond motifs is 1. The first-order chi connectivity index (χ1) is 8.74. The Labute approximate surface area is 117 Å². The monoisotopic (exact) mass is 316 g/mol. The number of hydrogen-bond donors (Lipinski definition) is 0. The zero-order valence-electron chi connectivity index (χ0n) is 9.39. The van der Waals surface area contributed by atoms with Gasteiger partial charge < -0.3 is 0 Å². The maximum atomic E-state index is 12.3. The smallest absolute Gasteiger partial charge is 0.202 e. The molecular weight excluding hydrogens is 308 g/mol. The van der Waals surface area contributed by atoms with Crippen molar-refractivity contribution < 1.29 is 4.79 Å². The van der Waals surface area contributed by atoms with Crippen molar-refractivity contribution in [2.45, 2.75) is 0 Å². The lowest BCUT2D eigenvalue weighted by atomic mass is 10.1. The van der Waals surface area contributed by atoms with Crippen molar-refractivity contribution in [3.05, 3.63) is 69.5 Å². The fraction of sp³-hybridized carbons (Fsp3) is 0. The van der Waals surface area contributed by atoms with Gasteiger partial charge in [-0.1, -0.05) is 46.3 Å². The van der Waals surface area contributed by atoms with Crippen LogP contribution in [0.5, 0.6) is 0 Å². The summed E-state index contributed by atoms with van der Waals surface area (Å²) in [6.45, 7) is 0. The van der Waals surface area contributed by atoms with Crippen molar-refractivity contribution in [3.63, 3.8) is 0 Å². The summed E-state index contributed by atoms with van der Waals surface area (Å²) in [5.41, 5.74) is 0.739. The van der Waals surface area contributed by atoms with Crippen molar-refractivity contribution in [2.75, 3.05) is 0 Å². The van der Waals surface area contributed by atoms with Gasteiger partial charge in [-0.05, 0) is 29.7 Å². The van der Waals surface area contributed by atoms with Gasteiger partial charge >= 0.3 is 0 Å². The molecule has 0 aliphatic carbocycles. The Bertz CT molecular complexity index is 716. The number of thiophene rings is 1. The molecule has 0 saturated carbocycles. The Kier molecular flexibility index (Phi) is 3.02. The zero-order valence-corrected chi connectivity index (χ0v) is 11.8. The zero-order chi connectivity index (χ0) is 12.5. The summed E-state index contributed by atoms with van der Waals surface area (Å²) in [6.07, 6.45) is 0. The Balaban J connectivity index is 2.07. The topological polar surface area (TPSA) is 17.1 Å². The summed E-state index contributed by atoms with van der Waals surface area (Å²) in [5, 5.41) is 1.11. The summed E-state index contributed by atoms with van der Waals surface area (Å²) in [7, 11) is 0. The van der Waals surface area contributed by atoms with Crippen LogP contribution in [0.3, 0.4) is 0 Å². The van der Waals surface area contributed by atoms with E-state index in [1.165, 1.54) is 11.3 Å². The highest BCUT2D eigenvalue weighted by Crippen LogP contribution is 2.29. The molecule has 0 aliphatic rings. The molecule has 3 rings (SSSR count). The molecule has 2 aromatic carbocycles. The van der Waals surface area contributed by atoms with Gasteiger partial charge in [-0.25, -0.2) is 0 Å². The van der Waals surface area contributed by atoms with Crippen LogP contribution >= 0.6 is 27.3 Å². The standard InChI is InChI=1S/C15H9BrOS/c16-12-6-7-13-11(8-12)9-14(18-13)15(17)10-4-2-1-3-5-10/h1-9H. The molecule has 0 saturated heterocycles. The molecule has 3 heteroatoms. The predicted octanol–water partition coefficient (Wildman–Crippen LogP) is 4.89. The molecule has 88 valence electrons. The maximum absolute atomic E-state index is 12.3. The molecule has 1 nitrogen and oxygen atoms in total. The van der Waals surface area contributed by atoms with E-state index < -0.39 is 0 Å². The lowest BCUT2D eigenvalue weighted by molar-refractivity contribution is 0.104. The first kappa shape index (κ1) is 11.6. The number of carbonyl (C=O) groups is 1. The van der Waals surface area contributed by atoms with Crippen LogP contribution < -0.4 is 0 Å². The van der Waals surface area contributed by atoms with E-state index in [1.54, 1.807) is 0 Å². The Morgan fingerprint density at radius 3 is 2.56 bits per heavy atom. The number of hydrogen-bond acceptors (Lipinski definition) is 2. The van der Waals surface area contributed by atoms with Gasteiger partial charge in [0.25, 0.3) is 0 Å². The molecule has 1 heterocycles. The van der Waals surface area contributed by atoms with Gasteiger partial charge in [0.15, 0.2) is 0 Å². The second-order valence-corrected chi connectivity index (χ2v) is 5.99. The van der Waals surface area contributed by atoms with E-state index in [0.29, 0.717) is 0 Å². The Hall–Kier alpha value is -1.45. The van der Waals surface area contributed by atoms with Crippen LogP contribution in [-0.2, 0) is 0 Å². The third kappa shape index (κ3) is 2.11. The van der Waals surface area contributed by atoms with E-state index in [2.05, 4.69) is 15.9 Å². The average Bonchev–Trinajstić information content (AvgIpc) is 2.81. The van der Waals surface area contributed by atoms with Crippen molar-refractivity contribution in [1.82, 2.24) is 0 Å². The molecule has 0 fully saturated rings. The summed E-state index contributed by atoms with van der Waals surface area (Å²) in [4.78, 5) is 13.1. The van der Waals surface area contributed by atoms with Gasteiger partial charge in [0.1, 0.15) is 0 Å². The van der Waals surface area contributed by atoms with Crippen LogP contribution in [0.4, 0.5) is 0 Å². The SMILES string of the molecule is O=C(c1ccccc1)c1cc2cc(Br)ccc2s1. The van der Waals surface area contributed by atoms with Crippen LogP contribution in [0, 0.1) is 0 Å². The molecule has 0 bridgehead atoms. The molecular formula is C15H9BrOS. The largest absolute Gasteiger partial charge is 0.288 e. The number of benzene rings is 2. The van der Waals surface area contributed by atoms with E-state index in [9.17, 15) is 4.79 Å². The molecule has 0 unspecified atom stereocenters. The van der Waals surface area contributed by atoms with Crippen LogP contribution in [0.25, 0.3) is 10.1 Å². The van der Waals surface area contributed by atoms with Gasteiger partial charge in [-0.2, -0.15) is 0 Å². The fourth-order valence-corrected chi connectivity index (χ4v) is 3.24. The summed E-state index contributed by atoms with van der Waals surface area (Å²) in [6, 6.07) is 17.4. The molecule has 1 aromatic heterocycles. The van der Waals surface area contributed by atoms with E-state index in [1.807, 2.05) is 54.6 Å². The quantitative estimate of drug-likeness (QED) is 0.615. The van der Waals surface area contributed by atoms with Gasteiger partial charge in [0.05, 0.1) is 4.88 Å². The lowest BCUT2D eigenvalue weighted by Crippen LogP contribution is -1.97. The van der Waals surface area contributed by atoms with Crippen molar-refractivity contribution in [3.8, 4) is 0 Å². The molecule has 0 spiro atoms. The number of halogens is 1. The highest BCUT2D eigenvalue weighted by atomic mass is 79.9. The van der Waals surface area contributed by atoms with E-state index in [4.69, 9.17) is 0 Å². The summed E-state index contributed by atoms with van der Waals surface area (Å²) < 4.78 is 2.17. The van der Waals surface area contributed by atoms with E-state index in [0.717, 1.165) is 25.0 Å².